The van der Waals surface area contributed by atoms with Gasteiger partial charge in [0, 0.05) is 16.6 Å². The third-order valence-corrected chi connectivity index (χ3v) is 7.66. The number of benzene rings is 2. The van der Waals surface area contributed by atoms with E-state index in [0.29, 0.717) is 12.8 Å². The van der Waals surface area contributed by atoms with Crippen molar-refractivity contribution in [2.75, 3.05) is 0 Å². The quantitative estimate of drug-likeness (QED) is 0.724. The minimum atomic E-state index is -3.83. The molecule has 2 bridgehead atoms. The second kappa shape index (κ2) is 6.15. The zero-order valence-electron chi connectivity index (χ0n) is 15.4. The molecule has 0 radical (unpaired) electrons. The molecule has 28 heavy (non-hydrogen) atoms. The number of fused-ring (bicyclic) bond motifs is 6. The molecule has 1 N–H and O–H groups in total. The lowest BCUT2D eigenvalue weighted by atomic mass is 10.0. The molecule has 2 unspecified atom stereocenters. The van der Waals surface area contributed by atoms with E-state index >= 15 is 0 Å². The van der Waals surface area contributed by atoms with Crippen LogP contribution < -0.4 is 0 Å². The van der Waals surface area contributed by atoms with Crippen LogP contribution in [0.25, 0.3) is 10.9 Å². The van der Waals surface area contributed by atoms with Gasteiger partial charge >= 0.3 is 0 Å². The predicted octanol–water partition coefficient (Wildman–Crippen LogP) is 3.66. The van der Waals surface area contributed by atoms with Gasteiger partial charge in [-0.2, -0.15) is 4.31 Å². The number of para-hydroxylation sites is 1. The van der Waals surface area contributed by atoms with Gasteiger partial charge in [0.15, 0.2) is 5.78 Å². The molecule has 2 aliphatic rings. The normalized spacial score (nSPS) is 22.2. The van der Waals surface area contributed by atoms with E-state index in [1.54, 1.807) is 30.3 Å². The molecule has 2 aromatic carbocycles. The van der Waals surface area contributed by atoms with Crippen LogP contribution >= 0.6 is 0 Å². The van der Waals surface area contributed by atoms with Crippen molar-refractivity contribution in [3.63, 3.8) is 0 Å². The fraction of sp³-hybridized carbons (Fsp3) is 0.227. The van der Waals surface area contributed by atoms with Gasteiger partial charge < -0.3 is 4.98 Å². The van der Waals surface area contributed by atoms with Gasteiger partial charge in [-0.25, -0.2) is 8.42 Å². The fourth-order valence-electron chi connectivity index (χ4n) is 4.37. The molecule has 2 aliphatic heterocycles. The Morgan fingerprint density at radius 2 is 1.82 bits per heavy atom. The summed E-state index contributed by atoms with van der Waals surface area (Å²) in [6.45, 7) is 1.92. The summed E-state index contributed by atoms with van der Waals surface area (Å²) >= 11 is 0. The average molecular weight is 392 g/mol. The molecular formula is C22H20N2O3S. The molecule has 0 spiro atoms. The number of H-pyrrole nitrogens is 1. The van der Waals surface area contributed by atoms with Crippen LogP contribution in [-0.2, 0) is 21.2 Å². The molecule has 5 nitrogen and oxygen atoms in total. The summed E-state index contributed by atoms with van der Waals surface area (Å²) in [6.07, 6.45) is 4.38. The molecule has 1 aromatic heterocycles. The number of hydrogen-bond acceptors (Lipinski definition) is 3. The first-order chi connectivity index (χ1) is 13.5. The van der Waals surface area contributed by atoms with Gasteiger partial charge in [0.05, 0.1) is 17.0 Å². The summed E-state index contributed by atoms with van der Waals surface area (Å²) in [7, 11) is -3.83. The van der Waals surface area contributed by atoms with E-state index in [0.717, 1.165) is 27.7 Å². The number of ketones is 1. The summed E-state index contributed by atoms with van der Waals surface area (Å²) < 4.78 is 28.5. The van der Waals surface area contributed by atoms with Gasteiger partial charge in [0.1, 0.15) is 0 Å². The van der Waals surface area contributed by atoms with E-state index < -0.39 is 22.1 Å². The third kappa shape index (κ3) is 2.48. The highest BCUT2D eigenvalue weighted by molar-refractivity contribution is 7.89. The van der Waals surface area contributed by atoms with Crippen LogP contribution in [0.1, 0.15) is 29.3 Å². The van der Waals surface area contributed by atoms with Crippen molar-refractivity contribution in [1.29, 1.82) is 0 Å². The first-order valence-electron chi connectivity index (χ1n) is 9.38. The molecule has 6 heteroatoms. The molecule has 5 rings (SSSR count). The zero-order valence-corrected chi connectivity index (χ0v) is 16.2. The van der Waals surface area contributed by atoms with E-state index in [1.807, 2.05) is 31.2 Å². The summed E-state index contributed by atoms with van der Waals surface area (Å²) in [6, 6.07) is 13.6. The van der Waals surface area contributed by atoms with E-state index in [4.69, 9.17) is 0 Å². The molecular weight excluding hydrogens is 372 g/mol. The minimum Gasteiger partial charge on any atom is -0.357 e. The maximum absolute atomic E-state index is 13.6. The molecule has 0 saturated carbocycles. The molecule has 0 aliphatic carbocycles. The zero-order chi connectivity index (χ0) is 19.5. The van der Waals surface area contributed by atoms with Gasteiger partial charge in [-0.05, 0) is 49.6 Å². The second-order valence-electron chi connectivity index (χ2n) is 7.47. The highest BCUT2D eigenvalue weighted by atomic mass is 32.2. The van der Waals surface area contributed by atoms with E-state index in [1.165, 1.54) is 10.4 Å². The molecule has 0 fully saturated rings. The van der Waals surface area contributed by atoms with Gasteiger partial charge in [0.2, 0.25) is 10.0 Å². The number of aromatic amines is 1. The Hall–Kier alpha value is -2.70. The number of sulfonamides is 1. The standard InChI is InChI=1S/C22H20N2O3S/c1-14-6-8-15(9-7-14)28(26,27)24-19-11-10-17-16-4-2-3-5-18(16)23-22(17)20(24)12-13-21(19)25/h2-9,12-13,19-20,23H,10-11H2,1H3. The van der Waals surface area contributed by atoms with Crippen molar-refractivity contribution < 1.29 is 13.2 Å². The number of carbonyl (C=O) groups excluding carboxylic acids is 1. The topological polar surface area (TPSA) is 70.2 Å². The largest absolute Gasteiger partial charge is 0.357 e. The lowest BCUT2D eigenvalue weighted by molar-refractivity contribution is -0.119. The molecule has 0 saturated heterocycles. The Bertz CT molecular complexity index is 1220. The maximum Gasteiger partial charge on any atom is 0.244 e. The van der Waals surface area contributed by atoms with Crippen LogP contribution in [0.15, 0.2) is 65.6 Å². The number of carbonyl (C=O) groups is 1. The number of nitrogens with one attached hydrogen (secondary N) is 1. The lowest BCUT2D eigenvalue weighted by Crippen LogP contribution is -2.47. The van der Waals surface area contributed by atoms with Crippen LogP contribution in [0, 0.1) is 6.92 Å². The van der Waals surface area contributed by atoms with Crippen LogP contribution in [-0.4, -0.2) is 29.5 Å². The van der Waals surface area contributed by atoms with E-state index in [9.17, 15) is 13.2 Å². The summed E-state index contributed by atoms with van der Waals surface area (Å²) in [5, 5.41) is 1.10. The predicted molar refractivity (Wildman–Crippen MR) is 107 cm³/mol. The van der Waals surface area contributed by atoms with Crippen LogP contribution in [0.4, 0.5) is 0 Å². The number of hydrogen-bond donors (Lipinski definition) is 1. The van der Waals surface area contributed by atoms with Gasteiger partial charge in [-0.3, -0.25) is 4.79 Å². The summed E-state index contributed by atoms with van der Waals surface area (Å²) in [5.74, 6) is -0.151. The average Bonchev–Trinajstić information content (AvgIpc) is 2.99. The Labute approximate surface area is 163 Å². The second-order valence-corrected chi connectivity index (χ2v) is 9.31. The Morgan fingerprint density at radius 3 is 2.61 bits per heavy atom. The molecule has 2 atom stereocenters. The van der Waals surface area contributed by atoms with Crippen molar-refractivity contribution in [1.82, 2.24) is 9.29 Å². The van der Waals surface area contributed by atoms with Gasteiger partial charge in [0.25, 0.3) is 0 Å². The minimum absolute atomic E-state index is 0.151. The first-order valence-corrected chi connectivity index (χ1v) is 10.8. The van der Waals surface area contributed by atoms with Crippen LogP contribution in [0.3, 0.4) is 0 Å². The first kappa shape index (κ1) is 17.4. The van der Waals surface area contributed by atoms with E-state index in [2.05, 4.69) is 4.98 Å². The molecule has 3 aromatic rings. The number of nitrogens with zero attached hydrogens (tertiary/aromatic N) is 1. The van der Waals surface area contributed by atoms with Crippen molar-refractivity contribution in [3.8, 4) is 0 Å². The smallest absolute Gasteiger partial charge is 0.244 e. The number of aryl methyl sites for hydroxylation is 2. The Morgan fingerprint density at radius 1 is 1.07 bits per heavy atom. The van der Waals surface area contributed by atoms with E-state index in [-0.39, 0.29) is 10.7 Å². The van der Waals surface area contributed by atoms with Crippen molar-refractivity contribution >= 4 is 26.7 Å². The summed E-state index contributed by atoms with van der Waals surface area (Å²) in [5.41, 5.74) is 3.95. The lowest BCUT2D eigenvalue weighted by Gasteiger charge is -2.35. The number of aromatic nitrogens is 1. The van der Waals surface area contributed by atoms with Crippen LogP contribution in [0.2, 0.25) is 0 Å². The highest BCUT2D eigenvalue weighted by Crippen LogP contribution is 2.41. The number of rotatable bonds is 2. The monoisotopic (exact) mass is 392 g/mol. The third-order valence-electron chi connectivity index (χ3n) is 5.76. The van der Waals surface area contributed by atoms with Gasteiger partial charge in [-0.15, -0.1) is 0 Å². The highest BCUT2D eigenvalue weighted by Gasteiger charge is 2.45. The molecule has 0 amide bonds. The van der Waals surface area contributed by atoms with Crippen molar-refractivity contribution in [2.45, 2.75) is 36.7 Å². The Kier molecular flexibility index (Phi) is 3.82. The summed E-state index contributed by atoms with van der Waals surface area (Å²) in [4.78, 5) is 16.3. The SMILES string of the molecule is Cc1ccc(S(=O)(=O)N2C3CCc4c([nH]c5ccccc45)C2C=CC3=O)cc1. The maximum atomic E-state index is 13.6. The molecule has 142 valence electrons. The fourth-order valence-corrected chi connectivity index (χ4v) is 6.11. The molecule has 3 heterocycles. The van der Waals surface area contributed by atoms with Crippen molar-refractivity contribution in [3.05, 3.63) is 77.5 Å². The van der Waals surface area contributed by atoms with Gasteiger partial charge in [-0.1, -0.05) is 42.0 Å². The van der Waals surface area contributed by atoms with Crippen molar-refractivity contribution in [2.24, 2.45) is 0 Å². The van der Waals surface area contributed by atoms with Crippen LogP contribution in [0.5, 0.6) is 0 Å². The Balaban J connectivity index is 1.72.